The first-order valence-corrected chi connectivity index (χ1v) is 6.45. The Labute approximate surface area is 105 Å². The average molecular weight is 239 g/mol. The third-order valence-electron chi connectivity index (χ3n) is 2.78. The van der Waals surface area contributed by atoms with E-state index in [4.69, 9.17) is 0 Å². The lowest BCUT2D eigenvalue weighted by atomic mass is 10.2. The molecular weight excluding hydrogens is 226 g/mol. The fourth-order valence-corrected chi connectivity index (χ4v) is 2.78. The summed E-state index contributed by atoms with van der Waals surface area (Å²) in [5, 5.41) is 0. The second-order valence-electron chi connectivity index (χ2n) is 4.09. The zero-order chi connectivity index (χ0) is 11.7. The lowest BCUT2D eigenvalue weighted by Gasteiger charge is -2.01. The molecule has 0 aliphatic carbocycles. The van der Waals surface area contributed by atoms with Gasteiger partial charge in [0.05, 0.1) is 5.52 Å². The summed E-state index contributed by atoms with van der Waals surface area (Å²) in [6.07, 6.45) is 4.18. The van der Waals surface area contributed by atoms with Crippen molar-refractivity contribution in [2.75, 3.05) is 0 Å². The molecule has 0 aliphatic rings. The van der Waals surface area contributed by atoms with Gasteiger partial charge in [-0.3, -0.25) is 0 Å². The summed E-state index contributed by atoms with van der Waals surface area (Å²) in [7, 11) is 0. The van der Waals surface area contributed by atoms with Crippen LogP contribution in [0.3, 0.4) is 0 Å². The molecule has 2 aromatic heterocycles. The van der Waals surface area contributed by atoms with Crippen molar-refractivity contribution < 1.29 is 0 Å². The molecule has 0 spiro atoms. The fraction of sp³-hybridized carbons (Fsp3) is 0.0667. The Morgan fingerprint density at radius 3 is 2.53 bits per heavy atom. The van der Waals surface area contributed by atoms with E-state index >= 15 is 0 Å². The van der Waals surface area contributed by atoms with E-state index in [1.807, 2.05) is 17.8 Å². The second-order valence-corrected chi connectivity index (χ2v) is 5.20. The maximum Gasteiger partial charge on any atom is 0.0589 e. The predicted octanol–water partition coefficient (Wildman–Crippen LogP) is 4.40. The highest BCUT2D eigenvalue weighted by atomic mass is 32.2. The van der Waals surface area contributed by atoms with Crippen molar-refractivity contribution in [1.82, 2.24) is 4.40 Å². The number of fused-ring (bicyclic) bond motifs is 1. The Morgan fingerprint density at radius 2 is 1.71 bits per heavy atom. The van der Waals surface area contributed by atoms with Crippen LogP contribution in [0, 0.1) is 6.92 Å². The van der Waals surface area contributed by atoms with Gasteiger partial charge >= 0.3 is 0 Å². The standard InChI is InChI=1S/C15H13NS/c1-12-5-7-13(8-6-12)17-15-9-11-16-10-3-2-4-14(15)16/h2-11H,1H3. The SMILES string of the molecule is Cc1ccc(Sc2ccn3ccccc23)cc1. The minimum atomic E-state index is 1.26. The Kier molecular flexibility index (Phi) is 2.65. The molecule has 0 aliphatic heterocycles. The summed E-state index contributed by atoms with van der Waals surface area (Å²) in [6.45, 7) is 2.11. The number of nitrogens with zero attached hydrogens (tertiary/aromatic N) is 1. The van der Waals surface area contributed by atoms with E-state index in [2.05, 4.69) is 66.2 Å². The lowest BCUT2D eigenvalue weighted by Crippen LogP contribution is -1.79. The highest BCUT2D eigenvalue weighted by Gasteiger charge is 2.03. The monoisotopic (exact) mass is 239 g/mol. The molecule has 0 bridgehead atoms. The molecular formula is C15H13NS. The number of aryl methyl sites for hydroxylation is 1. The molecule has 1 nitrogen and oxygen atoms in total. The molecule has 17 heavy (non-hydrogen) atoms. The summed E-state index contributed by atoms with van der Waals surface area (Å²) in [5.41, 5.74) is 2.56. The second kappa shape index (κ2) is 4.30. The van der Waals surface area contributed by atoms with Crippen LogP contribution in [0.15, 0.2) is 70.7 Å². The molecule has 84 valence electrons. The highest BCUT2D eigenvalue weighted by Crippen LogP contribution is 2.31. The molecule has 0 atom stereocenters. The van der Waals surface area contributed by atoms with Gasteiger partial charge in [0, 0.05) is 22.2 Å². The normalized spacial score (nSPS) is 10.9. The summed E-state index contributed by atoms with van der Waals surface area (Å²) in [4.78, 5) is 2.59. The first-order chi connectivity index (χ1) is 8.33. The largest absolute Gasteiger partial charge is 0.323 e. The molecule has 0 fully saturated rings. The van der Waals surface area contributed by atoms with Gasteiger partial charge in [0.2, 0.25) is 0 Å². The van der Waals surface area contributed by atoms with Crippen molar-refractivity contribution in [1.29, 1.82) is 0 Å². The number of benzene rings is 1. The van der Waals surface area contributed by atoms with Crippen molar-refractivity contribution in [3.8, 4) is 0 Å². The fourth-order valence-electron chi connectivity index (χ4n) is 1.85. The first kappa shape index (κ1) is 10.5. The number of hydrogen-bond donors (Lipinski definition) is 0. The lowest BCUT2D eigenvalue weighted by molar-refractivity contribution is 1.19. The smallest absolute Gasteiger partial charge is 0.0589 e. The van der Waals surface area contributed by atoms with Gasteiger partial charge in [0.15, 0.2) is 0 Å². The van der Waals surface area contributed by atoms with Gasteiger partial charge in [-0.25, -0.2) is 0 Å². The van der Waals surface area contributed by atoms with Gasteiger partial charge in [-0.1, -0.05) is 35.5 Å². The highest BCUT2D eigenvalue weighted by molar-refractivity contribution is 7.99. The average Bonchev–Trinajstić information content (AvgIpc) is 2.76. The summed E-state index contributed by atoms with van der Waals surface area (Å²) < 4.78 is 2.15. The van der Waals surface area contributed by atoms with Gasteiger partial charge in [-0.15, -0.1) is 0 Å². The van der Waals surface area contributed by atoms with E-state index in [0.717, 1.165) is 0 Å². The van der Waals surface area contributed by atoms with E-state index in [1.165, 1.54) is 20.9 Å². The Hall–Kier alpha value is -1.67. The summed E-state index contributed by atoms with van der Waals surface area (Å²) >= 11 is 1.81. The van der Waals surface area contributed by atoms with Crippen LogP contribution < -0.4 is 0 Å². The predicted molar refractivity (Wildman–Crippen MR) is 72.7 cm³/mol. The van der Waals surface area contributed by atoms with Crippen LogP contribution in [0.25, 0.3) is 5.52 Å². The molecule has 3 rings (SSSR count). The number of pyridine rings is 1. The van der Waals surface area contributed by atoms with E-state index in [-0.39, 0.29) is 0 Å². The number of rotatable bonds is 2. The van der Waals surface area contributed by atoms with Crippen molar-refractivity contribution >= 4 is 17.3 Å². The quantitative estimate of drug-likeness (QED) is 0.641. The van der Waals surface area contributed by atoms with Crippen molar-refractivity contribution in [3.05, 3.63) is 66.5 Å². The number of aromatic nitrogens is 1. The van der Waals surface area contributed by atoms with Crippen LogP contribution in [0.4, 0.5) is 0 Å². The molecule has 0 amide bonds. The van der Waals surface area contributed by atoms with E-state index < -0.39 is 0 Å². The third-order valence-corrected chi connectivity index (χ3v) is 3.85. The van der Waals surface area contributed by atoms with Crippen LogP contribution in [-0.2, 0) is 0 Å². The minimum absolute atomic E-state index is 1.26. The summed E-state index contributed by atoms with van der Waals surface area (Å²) in [6, 6.07) is 17.1. The van der Waals surface area contributed by atoms with Crippen molar-refractivity contribution in [3.63, 3.8) is 0 Å². The molecule has 2 heteroatoms. The van der Waals surface area contributed by atoms with E-state index in [9.17, 15) is 0 Å². The topological polar surface area (TPSA) is 4.41 Å². The van der Waals surface area contributed by atoms with Crippen LogP contribution in [-0.4, -0.2) is 4.40 Å². The molecule has 0 unspecified atom stereocenters. The van der Waals surface area contributed by atoms with Gasteiger partial charge in [0.25, 0.3) is 0 Å². The molecule has 1 aromatic carbocycles. The third kappa shape index (κ3) is 2.08. The molecule has 3 aromatic rings. The van der Waals surface area contributed by atoms with Crippen LogP contribution in [0.5, 0.6) is 0 Å². The molecule has 2 heterocycles. The van der Waals surface area contributed by atoms with Gasteiger partial charge in [-0.2, -0.15) is 0 Å². The van der Waals surface area contributed by atoms with Gasteiger partial charge < -0.3 is 4.40 Å². The minimum Gasteiger partial charge on any atom is -0.323 e. The maximum atomic E-state index is 2.17. The Morgan fingerprint density at radius 1 is 0.882 bits per heavy atom. The van der Waals surface area contributed by atoms with Crippen molar-refractivity contribution in [2.45, 2.75) is 16.7 Å². The van der Waals surface area contributed by atoms with Gasteiger partial charge in [0.1, 0.15) is 0 Å². The first-order valence-electron chi connectivity index (χ1n) is 5.63. The summed E-state index contributed by atoms with van der Waals surface area (Å²) in [5.74, 6) is 0. The Balaban J connectivity index is 1.97. The molecule has 0 saturated carbocycles. The maximum absolute atomic E-state index is 2.17. The number of hydrogen-bond acceptors (Lipinski definition) is 1. The zero-order valence-corrected chi connectivity index (χ0v) is 10.4. The molecule has 0 radical (unpaired) electrons. The van der Waals surface area contributed by atoms with E-state index in [0.29, 0.717) is 0 Å². The Bertz CT molecular complexity index is 637. The van der Waals surface area contributed by atoms with E-state index in [1.54, 1.807) is 0 Å². The van der Waals surface area contributed by atoms with Gasteiger partial charge in [-0.05, 0) is 37.3 Å². The van der Waals surface area contributed by atoms with Crippen LogP contribution in [0.1, 0.15) is 5.56 Å². The van der Waals surface area contributed by atoms with Crippen LogP contribution >= 0.6 is 11.8 Å². The van der Waals surface area contributed by atoms with Crippen LogP contribution in [0.2, 0.25) is 0 Å². The molecule has 0 N–H and O–H groups in total. The van der Waals surface area contributed by atoms with Crippen molar-refractivity contribution in [2.24, 2.45) is 0 Å². The molecule has 0 saturated heterocycles. The zero-order valence-electron chi connectivity index (χ0n) is 9.63.